The SMILES string of the molecule is CC(C)CC(CN)C(=O)N(C)CC(=O)O. The maximum absolute atomic E-state index is 11.7. The van der Waals surface area contributed by atoms with Gasteiger partial charge in [-0.15, -0.1) is 0 Å². The van der Waals surface area contributed by atoms with E-state index in [0.717, 1.165) is 0 Å². The van der Waals surface area contributed by atoms with Crippen molar-refractivity contribution >= 4 is 11.9 Å². The van der Waals surface area contributed by atoms with E-state index in [1.807, 2.05) is 13.8 Å². The summed E-state index contributed by atoms with van der Waals surface area (Å²) in [5, 5.41) is 8.54. The molecule has 5 nitrogen and oxygen atoms in total. The monoisotopic (exact) mass is 216 g/mol. The summed E-state index contributed by atoms with van der Waals surface area (Å²) < 4.78 is 0. The molecule has 1 unspecified atom stereocenters. The second-order valence-corrected chi connectivity index (χ2v) is 4.15. The summed E-state index contributed by atoms with van der Waals surface area (Å²) in [5.41, 5.74) is 5.50. The number of carbonyl (C=O) groups is 2. The molecule has 0 radical (unpaired) electrons. The fourth-order valence-corrected chi connectivity index (χ4v) is 1.46. The third-order valence-electron chi connectivity index (χ3n) is 2.14. The van der Waals surface area contributed by atoms with Gasteiger partial charge in [0, 0.05) is 13.6 Å². The Kier molecular flexibility index (Phi) is 5.93. The van der Waals surface area contributed by atoms with Crippen LogP contribution in [0.5, 0.6) is 0 Å². The lowest BCUT2D eigenvalue weighted by Gasteiger charge is -2.22. The molecule has 3 N–H and O–H groups in total. The highest BCUT2D eigenvalue weighted by molar-refractivity contribution is 5.83. The molecule has 0 saturated heterocycles. The number of nitrogens with zero attached hydrogens (tertiary/aromatic N) is 1. The van der Waals surface area contributed by atoms with Gasteiger partial charge in [0.15, 0.2) is 0 Å². The Bertz CT molecular complexity index is 229. The zero-order valence-corrected chi connectivity index (χ0v) is 9.56. The van der Waals surface area contributed by atoms with Crippen molar-refractivity contribution in [1.29, 1.82) is 0 Å². The minimum Gasteiger partial charge on any atom is -0.480 e. The third-order valence-corrected chi connectivity index (χ3v) is 2.14. The average Bonchev–Trinajstić information content (AvgIpc) is 2.11. The second kappa shape index (κ2) is 6.40. The summed E-state index contributed by atoms with van der Waals surface area (Å²) >= 11 is 0. The summed E-state index contributed by atoms with van der Waals surface area (Å²) in [6, 6.07) is 0. The van der Waals surface area contributed by atoms with E-state index in [1.165, 1.54) is 11.9 Å². The van der Waals surface area contributed by atoms with Crippen LogP contribution in [-0.2, 0) is 9.59 Å². The zero-order chi connectivity index (χ0) is 12.0. The number of nitrogens with two attached hydrogens (primary N) is 1. The molecular formula is C10H20N2O3. The molecule has 0 heterocycles. The van der Waals surface area contributed by atoms with Crippen LogP contribution in [-0.4, -0.2) is 42.0 Å². The number of hydrogen-bond donors (Lipinski definition) is 2. The summed E-state index contributed by atoms with van der Waals surface area (Å²) in [6.07, 6.45) is 0.694. The van der Waals surface area contributed by atoms with E-state index < -0.39 is 5.97 Å². The quantitative estimate of drug-likeness (QED) is 0.662. The highest BCUT2D eigenvalue weighted by atomic mass is 16.4. The Hall–Kier alpha value is -1.10. The first kappa shape index (κ1) is 13.9. The van der Waals surface area contributed by atoms with Crippen LogP contribution >= 0.6 is 0 Å². The van der Waals surface area contributed by atoms with E-state index in [1.54, 1.807) is 0 Å². The van der Waals surface area contributed by atoms with Crippen molar-refractivity contribution in [2.75, 3.05) is 20.1 Å². The van der Waals surface area contributed by atoms with Crippen LogP contribution in [0.25, 0.3) is 0 Å². The molecule has 1 atom stereocenters. The van der Waals surface area contributed by atoms with Crippen molar-refractivity contribution in [3.8, 4) is 0 Å². The first-order chi connectivity index (χ1) is 6.88. The van der Waals surface area contributed by atoms with E-state index in [9.17, 15) is 9.59 Å². The number of amides is 1. The van der Waals surface area contributed by atoms with Gasteiger partial charge in [-0.2, -0.15) is 0 Å². The van der Waals surface area contributed by atoms with E-state index in [0.29, 0.717) is 12.3 Å². The van der Waals surface area contributed by atoms with Crippen LogP contribution in [0.3, 0.4) is 0 Å². The minimum absolute atomic E-state index is 0.186. The Morgan fingerprint density at radius 2 is 1.93 bits per heavy atom. The van der Waals surface area contributed by atoms with Crippen LogP contribution in [0, 0.1) is 11.8 Å². The van der Waals surface area contributed by atoms with E-state index in [-0.39, 0.29) is 24.9 Å². The Labute approximate surface area is 90.2 Å². The van der Waals surface area contributed by atoms with Crippen LogP contribution in [0.1, 0.15) is 20.3 Å². The lowest BCUT2D eigenvalue weighted by Crippen LogP contribution is -2.39. The van der Waals surface area contributed by atoms with Crippen LogP contribution < -0.4 is 5.73 Å². The van der Waals surface area contributed by atoms with Gasteiger partial charge < -0.3 is 15.7 Å². The van der Waals surface area contributed by atoms with Crippen molar-refractivity contribution < 1.29 is 14.7 Å². The molecule has 0 aromatic carbocycles. The fourth-order valence-electron chi connectivity index (χ4n) is 1.46. The Morgan fingerprint density at radius 1 is 1.40 bits per heavy atom. The van der Waals surface area contributed by atoms with Crippen molar-refractivity contribution in [2.45, 2.75) is 20.3 Å². The van der Waals surface area contributed by atoms with E-state index >= 15 is 0 Å². The molecule has 88 valence electrons. The second-order valence-electron chi connectivity index (χ2n) is 4.15. The molecular weight excluding hydrogens is 196 g/mol. The number of carbonyl (C=O) groups excluding carboxylic acids is 1. The molecule has 0 aliphatic rings. The molecule has 0 spiro atoms. The molecule has 0 aromatic heterocycles. The first-order valence-electron chi connectivity index (χ1n) is 5.05. The van der Waals surface area contributed by atoms with Crippen molar-refractivity contribution in [1.82, 2.24) is 4.90 Å². The summed E-state index contributed by atoms with van der Waals surface area (Å²) in [7, 11) is 1.49. The van der Waals surface area contributed by atoms with Gasteiger partial charge in [0.25, 0.3) is 0 Å². The van der Waals surface area contributed by atoms with E-state index in [2.05, 4.69) is 0 Å². The molecule has 0 aliphatic heterocycles. The van der Waals surface area contributed by atoms with Gasteiger partial charge in [-0.05, 0) is 12.3 Å². The van der Waals surface area contributed by atoms with Gasteiger partial charge in [0.05, 0.1) is 5.92 Å². The first-order valence-corrected chi connectivity index (χ1v) is 5.05. The predicted molar refractivity (Wildman–Crippen MR) is 57.3 cm³/mol. The molecule has 0 rings (SSSR count). The third kappa shape index (κ3) is 5.37. The lowest BCUT2D eigenvalue weighted by atomic mass is 9.96. The Morgan fingerprint density at radius 3 is 2.27 bits per heavy atom. The summed E-state index contributed by atoms with van der Waals surface area (Å²) in [4.78, 5) is 23.4. The smallest absolute Gasteiger partial charge is 0.323 e. The molecule has 15 heavy (non-hydrogen) atoms. The maximum atomic E-state index is 11.7. The number of hydrogen-bond acceptors (Lipinski definition) is 3. The van der Waals surface area contributed by atoms with Crippen molar-refractivity contribution in [3.63, 3.8) is 0 Å². The minimum atomic E-state index is -1.01. The topological polar surface area (TPSA) is 83.6 Å². The van der Waals surface area contributed by atoms with Gasteiger partial charge in [-0.3, -0.25) is 9.59 Å². The van der Waals surface area contributed by atoms with Gasteiger partial charge >= 0.3 is 5.97 Å². The number of carboxylic acid groups (broad SMARTS) is 1. The number of rotatable bonds is 6. The van der Waals surface area contributed by atoms with Gasteiger partial charge in [-0.1, -0.05) is 13.8 Å². The summed E-state index contributed by atoms with van der Waals surface area (Å²) in [6.45, 7) is 4.01. The number of aliphatic carboxylic acids is 1. The molecule has 0 bridgehead atoms. The molecule has 0 fully saturated rings. The zero-order valence-electron chi connectivity index (χ0n) is 9.56. The summed E-state index contributed by atoms with van der Waals surface area (Å²) in [5.74, 6) is -1.09. The van der Waals surface area contributed by atoms with Gasteiger partial charge in [0.2, 0.25) is 5.91 Å². The van der Waals surface area contributed by atoms with E-state index in [4.69, 9.17) is 10.8 Å². The molecule has 0 saturated carbocycles. The number of carboxylic acids is 1. The molecule has 5 heteroatoms. The van der Waals surface area contributed by atoms with Gasteiger partial charge in [-0.25, -0.2) is 0 Å². The predicted octanol–water partition coefficient (Wildman–Crippen LogP) is 0.150. The van der Waals surface area contributed by atoms with Crippen molar-refractivity contribution in [2.24, 2.45) is 17.6 Å². The highest BCUT2D eigenvalue weighted by Crippen LogP contribution is 2.12. The van der Waals surface area contributed by atoms with Crippen molar-refractivity contribution in [3.05, 3.63) is 0 Å². The lowest BCUT2D eigenvalue weighted by molar-refractivity contribution is -0.145. The molecule has 0 aliphatic carbocycles. The van der Waals surface area contributed by atoms with Crippen LogP contribution in [0.15, 0.2) is 0 Å². The molecule has 1 amide bonds. The number of likely N-dealkylation sites (N-methyl/N-ethyl adjacent to an activating group) is 1. The molecule has 0 aromatic rings. The average molecular weight is 216 g/mol. The normalized spacial score (nSPS) is 12.6. The van der Waals surface area contributed by atoms with Gasteiger partial charge in [0.1, 0.15) is 6.54 Å². The standard InChI is InChI=1S/C10H20N2O3/c1-7(2)4-8(5-11)10(15)12(3)6-9(13)14/h7-8H,4-6,11H2,1-3H3,(H,13,14). The highest BCUT2D eigenvalue weighted by Gasteiger charge is 2.22. The fraction of sp³-hybridized carbons (Fsp3) is 0.800. The maximum Gasteiger partial charge on any atom is 0.323 e. The largest absolute Gasteiger partial charge is 0.480 e. The van der Waals surface area contributed by atoms with Crippen LogP contribution in [0.4, 0.5) is 0 Å². The van der Waals surface area contributed by atoms with Crippen LogP contribution in [0.2, 0.25) is 0 Å². The Balaban J connectivity index is 4.30.